The Kier molecular flexibility index (Phi) is 9.09. The van der Waals surface area contributed by atoms with Crippen LogP contribution in [0.15, 0.2) is 54.6 Å². The molecule has 0 aliphatic carbocycles. The summed E-state index contributed by atoms with van der Waals surface area (Å²) in [4.78, 5) is 43.9. The van der Waals surface area contributed by atoms with Crippen molar-refractivity contribution >= 4 is 29.3 Å². The first-order valence-corrected chi connectivity index (χ1v) is 13.4. The van der Waals surface area contributed by atoms with Crippen molar-refractivity contribution in [3.05, 3.63) is 65.2 Å². The van der Waals surface area contributed by atoms with E-state index in [0.717, 1.165) is 31.4 Å². The average Bonchev–Trinajstić information content (AvgIpc) is 3.31. The second-order valence-corrected chi connectivity index (χ2v) is 10.7. The predicted octanol–water partition coefficient (Wildman–Crippen LogP) is 4.39. The van der Waals surface area contributed by atoms with Gasteiger partial charge < -0.3 is 19.4 Å². The van der Waals surface area contributed by atoms with Crippen LogP contribution in [-0.2, 0) is 20.9 Å². The van der Waals surface area contributed by atoms with Gasteiger partial charge in [0.15, 0.2) is 0 Å². The van der Waals surface area contributed by atoms with Crippen molar-refractivity contribution in [2.75, 3.05) is 39.8 Å². The number of hydrogen-bond acceptors (Lipinski definition) is 4. The lowest BCUT2D eigenvalue weighted by Crippen LogP contribution is -2.51. The minimum atomic E-state index is -0.512. The highest BCUT2D eigenvalue weighted by Gasteiger charge is 2.40. The molecule has 0 N–H and O–H groups in total. The number of hydrogen-bond donors (Lipinski definition) is 0. The minimum absolute atomic E-state index is 0.0236. The average molecular weight is 526 g/mol. The highest BCUT2D eigenvalue weighted by atomic mass is 35.5. The maximum Gasteiger partial charge on any atom is 0.224 e. The van der Waals surface area contributed by atoms with Crippen LogP contribution in [0.1, 0.15) is 44.1 Å². The van der Waals surface area contributed by atoms with Crippen LogP contribution in [0.4, 0.5) is 0 Å². The predicted molar refractivity (Wildman–Crippen MR) is 143 cm³/mol. The number of nitrogens with zero attached hydrogens (tertiary/aromatic N) is 3. The molecule has 0 radical (unpaired) electrons. The number of halogens is 1. The Bertz CT molecular complexity index is 1100. The molecule has 2 aromatic rings. The number of benzene rings is 2. The van der Waals surface area contributed by atoms with Crippen LogP contribution >= 0.6 is 11.6 Å². The number of rotatable bonds is 10. The summed E-state index contributed by atoms with van der Waals surface area (Å²) in [6, 6.07) is 17.1. The van der Waals surface area contributed by atoms with E-state index in [1.54, 1.807) is 21.9 Å². The monoisotopic (exact) mass is 525 g/mol. The van der Waals surface area contributed by atoms with Crippen LogP contribution in [0.3, 0.4) is 0 Å². The van der Waals surface area contributed by atoms with Crippen LogP contribution in [0.5, 0.6) is 5.75 Å². The summed E-state index contributed by atoms with van der Waals surface area (Å²) in [6.45, 7) is 3.12. The quantitative estimate of drug-likeness (QED) is 0.461. The van der Waals surface area contributed by atoms with Crippen LogP contribution in [0, 0.1) is 5.41 Å². The molecule has 2 fully saturated rings. The van der Waals surface area contributed by atoms with Crippen molar-refractivity contribution in [2.45, 2.75) is 45.1 Å². The maximum atomic E-state index is 13.4. The molecule has 0 unspecified atom stereocenters. The first kappa shape index (κ1) is 27.0. The zero-order valence-corrected chi connectivity index (χ0v) is 22.3. The molecule has 7 nitrogen and oxygen atoms in total. The second-order valence-electron chi connectivity index (χ2n) is 10.3. The molecule has 3 amide bonds. The van der Waals surface area contributed by atoms with Crippen LogP contribution in [0.25, 0.3) is 0 Å². The van der Waals surface area contributed by atoms with E-state index in [9.17, 15) is 14.4 Å². The number of piperidine rings is 1. The van der Waals surface area contributed by atoms with Crippen LogP contribution < -0.4 is 4.74 Å². The lowest BCUT2D eigenvalue weighted by atomic mass is 9.77. The summed E-state index contributed by atoms with van der Waals surface area (Å²) in [5, 5.41) is 0.585. The molecule has 198 valence electrons. The van der Waals surface area contributed by atoms with Gasteiger partial charge >= 0.3 is 0 Å². The summed E-state index contributed by atoms with van der Waals surface area (Å²) in [6.07, 6.45) is 3.60. The number of amides is 3. The Hall–Kier alpha value is -3.06. The van der Waals surface area contributed by atoms with Gasteiger partial charge in [-0.25, -0.2) is 0 Å². The van der Waals surface area contributed by atoms with Gasteiger partial charge in [0, 0.05) is 69.5 Å². The van der Waals surface area contributed by atoms with Crippen molar-refractivity contribution < 1.29 is 19.1 Å². The van der Waals surface area contributed by atoms with E-state index in [2.05, 4.69) is 0 Å². The van der Waals surface area contributed by atoms with Crippen molar-refractivity contribution in [2.24, 2.45) is 5.41 Å². The molecule has 0 spiro atoms. The third kappa shape index (κ3) is 7.48. The van der Waals surface area contributed by atoms with Gasteiger partial charge in [-0.1, -0.05) is 48.0 Å². The normalized spacial score (nSPS) is 19.7. The highest BCUT2D eigenvalue weighted by Crippen LogP contribution is 2.36. The molecular formula is C29H36ClN3O4. The van der Waals surface area contributed by atoms with Gasteiger partial charge in [0.2, 0.25) is 17.7 Å². The molecule has 37 heavy (non-hydrogen) atoms. The van der Waals surface area contributed by atoms with E-state index < -0.39 is 5.41 Å². The van der Waals surface area contributed by atoms with E-state index in [0.29, 0.717) is 56.4 Å². The van der Waals surface area contributed by atoms with Gasteiger partial charge in [-0.05, 0) is 43.0 Å². The Morgan fingerprint density at radius 2 is 1.89 bits per heavy atom. The fourth-order valence-electron chi connectivity index (χ4n) is 5.26. The minimum Gasteiger partial charge on any atom is -0.493 e. The molecule has 2 aliphatic rings. The number of ether oxygens (including phenoxy) is 1. The summed E-state index contributed by atoms with van der Waals surface area (Å²) in [7, 11) is 1.82. The Morgan fingerprint density at radius 1 is 1.08 bits per heavy atom. The lowest BCUT2D eigenvalue weighted by molar-refractivity contribution is -0.141. The largest absolute Gasteiger partial charge is 0.493 e. The third-order valence-corrected chi connectivity index (χ3v) is 7.57. The fourth-order valence-corrected chi connectivity index (χ4v) is 5.44. The highest BCUT2D eigenvalue weighted by molar-refractivity contribution is 6.30. The van der Waals surface area contributed by atoms with Crippen LogP contribution in [0.2, 0.25) is 5.02 Å². The summed E-state index contributed by atoms with van der Waals surface area (Å²) in [5.74, 6) is 0.822. The van der Waals surface area contributed by atoms with Gasteiger partial charge in [-0.3, -0.25) is 14.4 Å². The SMILES string of the molecule is CN(Cc1ccccc1)C(=O)C[C@@]1(COc2cccc(Cl)c2)CCCN(C(=O)CCN2CCCC2=O)C1. The summed E-state index contributed by atoms with van der Waals surface area (Å²) < 4.78 is 6.17. The molecule has 2 heterocycles. The van der Waals surface area contributed by atoms with Crippen LogP contribution in [-0.4, -0.2) is 72.3 Å². The molecule has 4 rings (SSSR count). The van der Waals surface area contributed by atoms with E-state index in [1.807, 2.05) is 54.4 Å². The zero-order chi connectivity index (χ0) is 26.3. The van der Waals surface area contributed by atoms with Crippen molar-refractivity contribution in [1.82, 2.24) is 14.7 Å². The van der Waals surface area contributed by atoms with Crippen molar-refractivity contribution in [3.8, 4) is 5.75 Å². The Balaban J connectivity index is 1.44. The van der Waals surface area contributed by atoms with Crippen molar-refractivity contribution in [1.29, 1.82) is 0 Å². The molecule has 2 aromatic carbocycles. The molecule has 0 saturated carbocycles. The van der Waals surface area contributed by atoms with Gasteiger partial charge in [0.25, 0.3) is 0 Å². The molecule has 2 saturated heterocycles. The summed E-state index contributed by atoms with van der Waals surface area (Å²) in [5.41, 5.74) is 0.557. The summed E-state index contributed by atoms with van der Waals surface area (Å²) >= 11 is 6.15. The second kappa shape index (κ2) is 12.5. The molecule has 0 aromatic heterocycles. The van der Waals surface area contributed by atoms with Gasteiger partial charge in [0.05, 0.1) is 6.61 Å². The van der Waals surface area contributed by atoms with Crippen molar-refractivity contribution in [3.63, 3.8) is 0 Å². The molecule has 2 aliphatic heterocycles. The van der Waals surface area contributed by atoms with E-state index >= 15 is 0 Å². The van der Waals surface area contributed by atoms with E-state index in [4.69, 9.17) is 16.3 Å². The Labute approximate surface area is 224 Å². The van der Waals surface area contributed by atoms with Gasteiger partial charge in [-0.15, -0.1) is 0 Å². The fraction of sp³-hybridized carbons (Fsp3) is 0.483. The maximum absolute atomic E-state index is 13.4. The first-order valence-electron chi connectivity index (χ1n) is 13.1. The topological polar surface area (TPSA) is 70.2 Å². The molecule has 1 atom stereocenters. The van der Waals surface area contributed by atoms with E-state index in [1.165, 1.54) is 0 Å². The number of likely N-dealkylation sites (tertiary alicyclic amines) is 2. The number of carbonyl (C=O) groups excluding carboxylic acids is 3. The first-order chi connectivity index (χ1) is 17.8. The third-order valence-electron chi connectivity index (χ3n) is 7.34. The lowest BCUT2D eigenvalue weighted by Gasteiger charge is -2.43. The Morgan fingerprint density at radius 3 is 2.62 bits per heavy atom. The van der Waals surface area contributed by atoms with Gasteiger partial charge in [-0.2, -0.15) is 0 Å². The van der Waals surface area contributed by atoms with E-state index in [-0.39, 0.29) is 24.1 Å². The molecule has 8 heteroatoms. The van der Waals surface area contributed by atoms with Gasteiger partial charge in [0.1, 0.15) is 5.75 Å². The molecule has 0 bridgehead atoms. The molecular weight excluding hydrogens is 490 g/mol. The standard InChI is InChI=1S/C29H36ClN3O4/c1-31(20-23-8-3-2-4-9-23)28(36)19-29(22-37-25-11-5-10-24(30)18-25)14-7-16-33(21-29)27(35)13-17-32-15-6-12-26(32)34/h2-5,8-11,18H,6-7,12-17,19-22H2,1H3/t29-/m0/s1. The number of carbonyl (C=O) groups is 3. The zero-order valence-electron chi connectivity index (χ0n) is 21.5. The smallest absolute Gasteiger partial charge is 0.224 e.